The second kappa shape index (κ2) is 6.57. The molecule has 0 bridgehead atoms. The highest BCUT2D eigenvalue weighted by Gasteiger charge is 2.27. The summed E-state index contributed by atoms with van der Waals surface area (Å²) in [5.74, 6) is -1.22. The fourth-order valence-corrected chi connectivity index (χ4v) is 3.24. The van der Waals surface area contributed by atoms with E-state index in [9.17, 15) is 9.18 Å². The average Bonchev–Trinajstić information content (AvgIpc) is 2.44. The largest absolute Gasteiger partial charge is 0.487 e. The summed E-state index contributed by atoms with van der Waals surface area (Å²) in [4.78, 5) is 10.9. The summed E-state index contributed by atoms with van der Waals surface area (Å²) in [6.07, 6.45) is 5.36. The molecular weight excluding hydrogens is 327 g/mol. The van der Waals surface area contributed by atoms with E-state index in [4.69, 9.17) is 9.84 Å². The Balaban J connectivity index is 2.21. The van der Waals surface area contributed by atoms with E-state index < -0.39 is 11.8 Å². The maximum Gasteiger partial charge on any atom is 0.336 e. The number of benzene rings is 1. The molecule has 1 aromatic carbocycles. The van der Waals surface area contributed by atoms with Crippen molar-refractivity contribution >= 4 is 21.9 Å². The van der Waals surface area contributed by atoms with Gasteiger partial charge in [-0.3, -0.25) is 0 Å². The molecule has 110 valence electrons. The predicted octanol–water partition coefficient (Wildman–Crippen LogP) is 4.63. The van der Waals surface area contributed by atoms with E-state index in [1.54, 1.807) is 0 Å². The molecule has 3 nitrogen and oxygen atoms in total. The molecule has 0 amide bonds. The minimum Gasteiger partial charge on any atom is -0.487 e. The number of halogens is 2. The van der Waals surface area contributed by atoms with Gasteiger partial charge in [-0.25, -0.2) is 9.18 Å². The van der Waals surface area contributed by atoms with E-state index in [-0.39, 0.29) is 21.9 Å². The van der Waals surface area contributed by atoms with Gasteiger partial charge in [0.05, 0.1) is 10.0 Å². The number of hydrogen-bond donors (Lipinski definition) is 1. The quantitative estimate of drug-likeness (QED) is 0.865. The molecule has 0 spiro atoms. The Morgan fingerprint density at radius 2 is 2.15 bits per heavy atom. The van der Waals surface area contributed by atoms with Crippen molar-refractivity contribution in [1.29, 1.82) is 0 Å². The van der Waals surface area contributed by atoms with E-state index in [1.807, 2.05) is 0 Å². The van der Waals surface area contributed by atoms with Gasteiger partial charge in [0, 0.05) is 0 Å². The van der Waals surface area contributed by atoms with Gasteiger partial charge in [-0.05, 0) is 59.7 Å². The van der Waals surface area contributed by atoms with Gasteiger partial charge in [0.2, 0.25) is 0 Å². The lowest BCUT2D eigenvalue weighted by Crippen LogP contribution is -2.30. The van der Waals surface area contributed by atoms with Gasteiger partial charge >= 0.3 is 5.97 Å². The summed E-state index contributed by atoms with van der Waals surface area (Å²) >= 11 is 2.99. The standard InChI is InChI=1S/C15H18BrFO3/c1-2-9-5-3-4-6-11(9)20-12-8-7-10(15(18)19)13(16)14(12)17/h7-9,11H,2-6H2,1H3,(H,18,19). The van der Waals surface area contributed by atoms with Crippen molar-refractivity contribution in [3.63, 3.8) is 0 Å². The van der Waals surface area contributed by atoms with Crippen LogP contribution in [-0.4, -0.2) is 17.2 Å². The first kappa shape index (κ1) is 15.3. The Bertz CT molecular complexity index is 504. The van der Waals surface area contributed by atoms with Crippen molar-refractivity contribution in [2.45, 2.75) is 45.1 Å². The third-order valence-electron chi connectivity index (χ3n) is 3.92. The predicted molar refractivity (Wildman–Crippen MR) is 77.7 cm³/mol. The number of carbonyl (C=O) groups is 1. The molecule has 1 aromatic rings. The Kier molecular flexibility index (Phi) is 5.02. The Labute approximate surface area is 126 Å². The van der Waals surface area contributed by atoms with E-state index >= 15 is 0 Å². The molecule has 0 aromatic heterocycles. The van der Waals surface area contributed by atoms with Crippen LogP contribution in [0.1, 0.15) is 49.4 Å². The molecule has 1 fully saturated rings. The number of hydrogen-bond acceptors (Lipinski definition) is 2. The van der Waals surface area contributed by atoms with Crippen LogP contribution in [0.2, 0.25) is 0 Å². The second-order valence-electron chi connectivity index (χ2n) is 5.15. The Morgan fingerprint density at radius 3 is 2.80 bits per heavy atom. The van der Waals surface area contributed by atoms with Crippen molar-refractivity contribution in [3.8, 4) is 5.75 Å². The molecule has 0 radical (unpaired) electrons. The lowest BCUT2D eigenvalue weighted by atomic mass is 9.85. The molecule has 2 atom stereocenters. The highest BCUT2D eigenvalue weighted by atomic mass is 79.9. The van der Waals surface area contributed by atoms with E-state index in [2.05, 4.69) is 22.9 Å². The zero-order valence-electron chi connectivity index (χ0n) is 11.4. The molecule has 1 N–H and O–H groups in total. The summed E-state index contributed by atoms with van der Waals surface area (Å²) in [7, 11) is 0. The molecule has 0 saturated heterocycles. The van der Waals surface area contributed by atoms with Crippen LogP contribution in [0.15, 0.2) is 16.6 Å². The first-order chi connectivity index (χ1) is 9.54. The number of carboxylic acid groups (broad SMARTS) is 1. The van der Waals surface area contributed by atoms with Crippen LogP contribution >= 0.6 is 15.9 Å². The highest BCUT2D eigenvalue weighted by molar-refractivity contribution is 9.10. The van der Waals surface area contributed by atoms with Crippen LogP contribution in [0, 0.1) is 11.7 Å². The van der Waals surface area contributed by atoms with Gasteiger partial charge < -0.3 is 9.84 Å². The molecular formula is C15H18BrFO3. The Hall–Kier alpha value is -1.10. The number of carboxylic acids is 1. The first-order valence-corrected chi connectivity index (χ1v) is 7.71. The highest BCUT2D eigenvalue weighted by Crippen LogP contribution is 2.34. The van der Waals surface area contributed by atoms with Crippen molar-refractivity contribution in [3.05, 3.63) is 28.0 Å². The third-order valence-corrected chi connectivity index (χ3v) is 4.69. The minimum absolute atomic E-state index is 0.0193. The normalized spacial score (nSPS) is 22.6. The minimum atomic E-state index is -1.16. The van der Waals surface area contributed by atoms with Crippen LogP contribution in [0.5, 0.6) is 5.75 Å². The van der Waals surface area contributed by atoms with Gasteiger partial charge in [0.1, 0.15) is 6.10 Å². The molecule has 20 heavy (non-hydrogen) atoms. The summed E-state index contributed by atoms with van der Waals surface area (Å²) in [5, 5.41) is 8.95. The topological polar surface area (TPSA) is 46.5 Å². The SMILES string of the molecule is CCC1CCCCC1Oc1ccc(C(=O)O)c(Br)c1F. The third kappa shape index (κ3) is 3.14. The lowest BCUT2D eigenvalue weighted by molar-refractivity contribution is 0.0694. The summed E-state index contributed by atoms with van der Waals surface area (Å²) < 4.78 is 19.9. The molecule has 0 heterocycles. The Morgan fingerprint density at radius 1 is 1.45 bits per heavy atom. The van der Waals surface area contributed by atoms with Gasteiger partial charge in [-0.2, -0.15) is 0 Å². The van der Waals surface area contributed by atoms with E-state index in [1.165, 1.54) is 18.6 Å². The number of aromatic carboxylic acids is 1. The fourth-order valence-electron chi connectivity index (χ4n) is 2.75. The molecule has 1 saturated carbocycles. The molecule has 1 aliphatic carbocycles. The first-order valence-electron chi connectivity index (χ1n) is 6.92. The van der Waals surface area contributed by atoms with Crippen molar-refractivity contribution < 1.29 is 19.0 Å². The number of rotatable bonds is 4. The van der Waals surface area contributed by atoms with Crippen LogP contribution in [0.4, 0.5) is 4.39 Å². The van der Waals surface area contributed by atoms with Crippen LogP contribution in [0.25, 0.3) is 0 Å². The van der Waals surface area contributed by atoms with Crippen molar-refractivity contribution in [2.75, 3.05) is 0 Å². The monoisotopic (exact) mass is 344 g/mol. The average molecular weight is 345 g/mol. The zero-order valence-corrected chi connectivity index (χ0v) is 13.0. The summed E-state index contributed by atoms with van der Waals surface area (Å²) in [5.41, 5.74) is -0.0921. The van der Waals surface area contributed by atoms with E-state index in [0.29, 0.717) is 5.92 Å². The van der Waals surface area contributed by atoms with Crippen molar-refractivity contribution in [1.82, 2.24) is 0 Å². The molecule has 5 heteroatoms. The van der Waals surface area contributed by atoms with Gasteiger partial charge in [-0.15, -0.1) is 0 Å². The van der Waals surface area contributed by atoms with E-state index in [0.717, 1.165) is 25.7 Å². The van der Waals surface area contributed by atoms with Gasteiger partial charge in [0.25, 0.3) is 0 Å². The maximum atomic E-state index is 14.2. The molecule has 2 rings (SSSR count). The summed E-state index contributed by atoms with van der Waals surface area (Å²) in [6, 6.07) is 2.78. The van der Waals surface area contributed by atoms with Gasteiger partial charge in [0.15, 0.2) is 11.6 Å². The second-order valence-corrected chi connectivity index (χ2v) is 5.95. The van der Waals surface area contributed by atoms with Gasteiger partial charge in [-0.1, -0.05) is 13.3 Å². The molecule has 1 aliphatic rings. The zero-order chi connectivity index (χ0) is 14.7. The van der Waals surface area contributed by atoms with Crippen LogP contribution in [0.3, 0.4) is 0 Å². The lowest BCUT2D eigenvalue weighted by Gasteiger charge is -2.31. The molecule has 2 unspecified atom stereocenters. The number of ether oxygens (including phenoxy) is 1. The maximum absolute atomic E-state index is 14.2. The van der Waals surface area contributed by atoms with Crippen molar-refractivity contribution in [2.24, 2.45) is 5.92 Å². The summed E-state index contributed by atoms with van der Waals surface area (Å²) in [6.45, 7) is 2.12. The van der Waals surface area contributed by atoms with Crippen LogP contribution < -0.4 is 4.74 Å². The van der Waals surface area contributed by atoms with Crippen LogP contribution in [-0.2, 0) is 0 Å². The molecule has 0 aliphatic heterocycles. The fraction of sp³-hybridized carbons (Fsp3) is 0.533. The smallest absolute Gasteiger partial charge is 0.336 e.